The number of aromatic nitrogens is 2. The molecule has 0 atom stereocenters. The molecular formula is C16H20N4O2S. The van der Waals surface area contributed by atoms with E-state index in [9.17, 15) is 4.79 Å². The third kappa shape index (κ3) is 3.86. The molecule has 23 heavy (non-hydrogen) atoms. The number of amides is 1. The largest absolute Gasteiger partial charge is 0.378 e. The van der Waals surface area contributed by atoms with Crippen molar-refractivity contribution in [3.8, 4) is 0 Å². The molecule has 7 heteroatoms. The Morgan fingerprint density at radius 3 is 2.74 bits per heavy atom. The molecule has 1 amide bonds. The minimum Gasteiger partial charge on any atom is -0.378 e. The molecule has 1 saturated heterocycles. The summed E-state index contributed by atoms with van der Waals surface area (Å²) in [6, 6.07) is 3.79. The average Bonchev–Trinajstić information content (AvgIpc) is 3.07. The van der Waals surface area contributed by atoms with Crippen molar-refractivity contribution < 1.29 is 9.53 Å². The maximum atomic E-state index is 12.2. The summed E-state index contributed by atoms with van der Waals surface area (Å²) in [5, 5.41) is 5.19. The van der Waals surface area contributed by atoms with Gasteiger partial charge in [0.1, 0.15) is 5.82 Å². The summed E-state index contributed by atoms with van der Waals surface area (Å²) in [7, 11) is 0. The molecule has 3 rings (SSSR count). The topological polar surface area (TPSA) is 67.4 Å². The maximum Gasteiger partial charge on any atom is 0.285 e. The van der Waals surface area contributed by atoms with Crippen molar-refractivity contribution in [3.63, 3.8) is 0 Å². The number of pyridine rings is 1. The summed E-state index contributed by atoms with van der Waals surface area (Å²) in [5.74, 6) is 0.639. The zero-order valence-electron chi connectivity index (χ0n) is 13.3. The van der Waals surface area contributed by atoms with Crippen LogP contribution in [0.2, 0.25) is 0 Å². The van der Waals surface area contributed by atoms with Crippen LogP contribution in [0.3, 0.4) is 0 Å². The van der Waals surface area contributed by atoms with Crippen LogP contribution >= 0.6 is 11.3 Å². The summed E-state index contributed by atoms with van der Waals surface area (Å²) < 4.78 is 5.34. The summed E-state index contributed by atoms with van der Waals surface area (Å²) >= 11 is 1.36. The highest BCUT2D eigenvalue weighted by Crippen LogP contribution is 2.20. The Hall–Kier alpha value is -1.99. The molecule has 0 aromatic carbocycles. The molecule has 0 aliphatic carbocycles. The first-order chi connectivity index (χ1) is 11.1. The van der Waals surface area contributed by atoms with E-state index < -0.39 is 0 Å². The van der Waals surface area contributed by atoms with E-state index in [2.05, 4.69) is 34.0 Å². The third-order valence-electron chi connectivity index (χ3n) is 3.67. The van der Waals surface area contributed by atoms with Crippen LogP contribution in [0.15, 0.2) is 23.7 Å². The van der Waals surface area contributed by atoms with Crippen LogP contribution in [0.5, 0.6) is 0 Å². The standard InChI is InChI=1S/C16H20N4O2S/c1-11(2)13-10-23-16(18-13)15(21)19-14-4-3-12(9-17-14)20-5-7-22-8-6-20/h3-4,9-11H,5-8H2,1-2H3,(H,17,19,21). The normalized spacial score (nSPS) is 15.0. The van der Waals surface area contributed by atoms with Crippen molar-refractivity contribution in [3.05, 3.63) is 34.4 Å². The molecule has 0 bridgehead atoms. The predicted octanol–water partition coefficient (Wildman–Crippen LogP) is 2.75. The first-order valence-electron chi connectivity index (χ1n) is 7.69. The van der Waals surface area contributed by atoms with Gasteiger partial charge in [-0.2, -0.15) is 0 Å². The Bertz CT molecular complexity index is 663. The van der Waals surface area contributed by atoms with Crippen molar-refractivity contribution >= 4 is 28.7 Å². The Balaban J connectivity index is 1.64. The number of nitrogens with zero attached hydrogens (tertiary/aromatic N) is 3. The lowest BCUT2D eigenvalue weighted by Crippen LogP contribution is -2.36. The smallest absolute Gasteiger partial charge is 0.285 e. The molecule has 122 valence electrons. The average molecular weight is 332 g/mol. The first-order valence-corrected chi connectivity index (χ1v) is 8.57. The molecule has 2 aromatic heterocycles. The van der Waals surface area contributed by atoms with E-state index >= 15 is 0 Å². The minimum atomic E-state index is -0.214. The Labute approximate surface area is 139 Å². The van der Waals surface area contributed by atoms with Gasteiger partial charge in [0.25, 0.3) is 5.91 Å². The molecule has 0 unspecified atom stereocenters. The number of rotatable bonds is 4. The SMILES string of the molecule is CC(C)c1csc(C(=O)Nc2ccc(N3CCOCC3)cn2)n1. The van der Waals surface area contributed by atoms with Gasteiger partial charge in [0.15, 0.2) is 5.01 Å². The van der Waals surface area contributed by atoms with Gasteiger partial charge in [-0.05, 0) is 18.1 Å². The third-order valence-corrected chi connectivity index (χ3v) is 4.53. The molecule has 0 radical (unpaired) electrons. The number of morpholine rings is 1. The van der Waals surface area contributed by atoms with Gasteiger partial charge in [0, 0.05) is 18.5 Å². The summed E-state index contributed by atoms with van der Waals surface area (Å²) in [6.45, 7) is 7.32. The van der Waals surface area contributed by atoms with Crippen molar-refractivity contribution in [2.24, 2.45) is 0 Å². The van der Waals surface area contributed by atoms with Gasteiger partial charge in [-0.25, -0.2) is 9.97 Å². The van der Waals surface area contributed by atoms with E-state index in [0.717, 1.165) is 37.7 Å². The molecule has 1 aliphatic rings. The van der Waals surface area contributed by atoms with Gasteiger partial charge in [-0.1, -0.05) is 13.8 Å². The molecule has 6 nitrogen and oxygen atoms in total. The Morgan fingerprint density at radius 2 is 2.13 bits per heavy atom. The van der Waals surface area contributed by atoms with Crippen LogP contribution in [0.4, 0.5) is 11.5 Å². The lowest BCUT2D eigenvalue weighted by Gasteiger charge is -2.28. The Morgan fingerprint density at radius 1 is 1.35 bits per heavy atom. The highest BCUT2D eigenvalue weighted by molar-refractivity contribution is 7.11. The Kier molecular flexibility index (Phi) is 4.88. The molecule has 0 spiro atoms. The van der Waals surface area contributed by atoms with Crippen LogP contribution < -0.4 is 10.2 Å². The van der Waals surface area contributed by atoms with E-state index in [1.165, 1.54) is 11.3 Å². The van der Waals surface area contributed by atoms with Gasteiger partial charge < -0.3 is 15.0 Å². The number of carbonyl (C=O) groups is 1. The van der Waals surface area contributed by atoms with E-state index in [-0.39, 0.29) is 5.91 Å². The maximum absolute atomic E-state index is 12.2. The minimum absolute atomic E-state index is 0.214. The molecular weight excluding hydrogens is 312 g/mol. The molecule has 1 aliphatic heterocycles. The monoisotopic (exact) mass is 332 g/mol. The fourth-order valence-corrected chi connectivity index (χ4v) is 3.17. The second-order valence-electron chi connectivity index (χ2n) is 5.69. The second-order valence-corrected chi connectivity index (χ2v) is 6.55. The highest BCUT2D eigenvalue weighted by Gasteiger charge is 2.15. The van der Waals surface area contributed by atoms with Crippen molar-refractivity contribution in [2.75, 3.05) is 36.5 Å². The van der Waals surface area contributed by atoms with Crippen molar-refractivity contribution in [1.82, 2.24) is 9.97 Å². The van der Waals surface area contributed by atoms with E-state index in [0.29, 0.717) is 16.7 Å². The fourth-order valence-electron chi connectivity index (χ4n) is 2.29. The van der Waals surface area contributed by atoms with Gasteiger partial charge in [0.05, 0.1) is 30.8 Å². The lowest BCUT2D eigenvalue weighted by molar-refractivity contribution is 0.102. The number of anilines is 2. The van der Waals surface area contributed by atoms with Gasteiger partial charge in [-0.15, -0.1) is 11.3 Å². The van der Waals surface area contributed by atoms with Crippen LogP contribution in [-0.4, -0.2) is 42.2 Å². The summed E-state index contributed by atoms with van der Waals surface area (Å²) in [5.41, 5.74) is 1.98. The van der Waals surface area contributed by atoms with E-state index in [1.807, 2.05) is 17.5 Å². The van der Waals surface area contributed by atoms with E-state index in [4.69, 9.17) is 4.74 Å². The number of ether oxygens (including phenoxy) is 1. The first kappa shape index (κ1) is 15.9. The molecule has 0 saturated carbocycles. The highest BCUT2D eigenvalue weighted by atomic mass is 32.1. The molecule has 3 heterocycles. The summed E-state index contributed by atoms with van der Waals surface area (Å²) in [6.07, 6.45) is 1.78. The second kappa shape index (κ2) is 7.06. The van der Waals surface area contributed by atoms with Gasteiger partial charge in [0.2, 0.25) is 0 Å². The zero-order chi connectivity index (χ0) is 16.2. The lowest BCUT2D eigenvalue weighted by atomic mass is 10.2. The number of nitrogens with one attached hydrogen (secondary N) is 1. The van der Waals surface area contributed by atoms with Crippen LogP contribution in [-0.2, 0) is 4.74 Å². The zero-order valence-corrected chi connectivity index (χ0v) is 14.1. The van der Waals surface area contributed by atoms with Crippen molar-refractivity contribution in [2.45, 2.75) is 19.8 Å². The van der Waals surface area contributed by atoms with Gasteiger partial charge >= 0.3 is 0 Å². The van der Waals surface area contributed by atoms with Crippen LogP contribution in [0.25, 0.3) is 0 Å². The predicted molar refractivity (Wildman–Crippen MR) is 91.4 cm³/mol. The molecule has 2 aromatic rings. The number of carbonyl (C=O) groups excluding carboxylic acids is 1. The van der Waals surface area contributed by atoms with Gasteiger partial charge in [-0.3, -0.25) is 4.79 Å². The number of thiazole rings is 1. The van der Waals surface area contributed by atoms with Crippen molar-refractivity contribution in [1.29, 1.82) is 0 Å². The summed E-state index contributed by atoms with van der Waals surface area (Å²) in [4.78, 5) is 23.1. The van der Waals surface area contributed by atoms with Crippen LogP contribution in [0, 0.1) is 0 Å². The number of hydrogen-bond acceptors (Lipinski definition) is 6. The van der Waals surface area contributed by atoms with E-state index in [1.54, 1.807) is 6.20 Å². The molecule has 1 N–H and O–H groups in total. The number of hydrogen-bond donors (Lipinski definition) is 1. The fraction of sp³-hybridized carbons (Fsp3) is 0.438. The molecule has 1 fully saturated rings. The quantitative estimate of drug-likeness (QED) is 0.932. The van der Waals surface area contributed by atoms with Crippen LogP contribution in [0.1, 0.15) is 35.3 Å².